The number of aryl methyl sites for hydroxylation is 2. The number of benzene rings is 1. The third kappa shape index (κ3) is 9.41. The number of likely N-dealkylation sites (N-methyl/N-ethyl adjacent to an activating group) is 1. The molecule has 1 aromatic rings. The number of amides is 4. The highest BCUT2D eigenvalue weighted by Gasteiger charge is 2.35. The molecular formula is C25H40N4O5. The minimum absolute atomic E-state index is 0.0873. The van der Waals surface area contributed by atoms with Crippen LogP contribution in [0.15, 0.2) is 18.2 Å². The summed E-state index contributed by atoms with van der Waals surface area (Å²) in [5, 5.41) is 5.40. The van der Waals surface area contributed by atoms with Gasteiger partial charge >= 0.3 is 6.09 Å². The van der Waals surface area contributed by atoms with Crippen LogP contribution in [0.4, 0.5) is 4.79 Å². The van der Waals surface area contributed by atoms with Crippen LogP contribution in [0.5, 0.6) is 0 Å². The van der Waals surface area contributed by atoms with Crippen molar-refractivity contribution < 1.29 is 23.9 Å². The lowest BCUT2D eigenvalue weighted by atomic mass is 9.98. The van der Waals surface area contributed by atoms with E-state index in [-0.39, 0.29) is 11.9 Å². The summed E-state index contributed by atoms with van der Waals surface area (Å²) in [4.78, 5) is 52.0. The lowest BCUT2D eigenvalue weighted by Crippen LogP contribution is -2.53. The molecular weight excluding hydrogens is 436 g/mol. The van der Waals surface area contributed by atoms with Gasteiger partial charge in [0.25, 0.3) is 0 Å². The van der Waals surface area contributed by atoms with E-state index in [4.69, 9.17) is 10.5 Å². The molecule has 0 radical (unpaired) electrons. The zero-order valence-electron chi connectivity index (χ0n) is 21.7. The Hall–Kier alpha value is -3.10. The molecule has 9 nitrogen and oxygen atoms in total. The minimum atomic E-state index is -1.29. The maximum atomic E-state index is 13.4. The molecule has 4 N–H and O–H groups in total. The Morgan fingerprint density at radius 3 is 2.09 bits per heavy atom. The number of alkyl carbamates (subject to hydrolysis) is 1. The standard InChI is InChI=1S/C25H40N4O5/c1-9-10-17(4)27-22(31)21(18-12-15(2)11-16(3)13-18)29(8)23(32)19(14-20(26)30)28-24(33)34-25(5,6)7/h11-13,17,19,21H,9-10,14H2,1-8H3,(H2,26,30)(H,27,31)(H,28,33). The van der Waals surface area contributed by atoms with Gasteiger partial charge in [-0.1, -0.05) is 42.7 Å². The molecule has 3 atom stereocenters. The number of hydrogen-bond acceptors (Lipinski definition) is 5. The van der Waals surface area contributed by atoms with Gasteiger partial charge in [0.05, 0.1) is 6.42 Å². The van der Waals surface area contributed by atoms with Crippen LogP contribution in [0, 0.1) is 13.8 Å². The molecule has 0 saturated heterocycles. The average Bonchev–Trinajstić information content (AvgIpc) is 2.64. The molecule has 0 spiro atoms. The van der Waals surface area contributed by atoms with Gasteiger partial charge < -0.3 is 26.0 Å². The van der Waals surface area contributed by atoms with Crippen molar-refractivity contribution in [3.63, 3.8) is 0 Å². The highest BCUT2D eigenvalue weighted by molar-refractivity contribution is 5.94. The number of rotatable bonds is 10. The summed E-state index contributed by atoms with van der Waals surface area (Å²) in [7, 11) is 1.47. The van der Waals surface area contributed by atoms with Crippen LogP contribution in [0.2, 0.25) is 0 Å². The monoisotopic (exact) mass is 476 g/mol. The first-order valence-corrected chi connectivity index (χ1v) is 11.6. The number of nitrogens with one attached hydrogen (secondary N) is 2. The Balaban J connectivity index is 3.33. The topological polar surface area (TPSA) is 131 Å². The Kier molecular flexibility index (Phi) is 10.5. The zero-order valence-corrected chi connectivity index (χ0v) is 21.7. The van der Waals surface area contributed by atoms with Crippen molar-refractivity contribution in [2.24, 2.45) is 5.73 Å². The average molecular weight is 477 g/mol. The van der Waals surface area contributed by atoms with Crippen LogP contribution in [-0.2, 0) is 19.1 Å². The Labute approximate surface area is 202 Å². The molecule has 9 heteroatoms. The number of nitrogens with zero attached hydrogens (tertiary/aromatic N) is 1. The fraction of sp³-hybridized carbons (Fsp3) is 0.600. The van der Waals surface area contributed by atoms with Crippen LogP contribution in [0.1, 0.15) is 76.6 Å². The molecule has 0 aliphatic rings. The van der Waals surface area contributed by atoms with Gasteiger partial charge in [-0.3, -0.25) is 14.4 Å². The van der Waals surface area contributed by atoms with Crippen molar-refractivity contribution >= 4 is 23.8 Å². The predicted octanol–water partition coefficient (Wildman–Crippen LogP) is 2.88. The molecule has 0 bridgehead atoms. The maximum Gasteiger partial charge on any atom is 0.408 e. The number of hydrogen-bond donors (Lipinski definition) is 3. The van der Waals surface area contributed by atoms with E-state index in [1.54, 1.807) is 20.8 Å². The normalized spacial score (nSPS) is 13.9. The van der Waals surface area contributed by atoms with Gasteiger partial charge in [0.1, 0.15) is 17.7 Å². The first-order valence-electron chi connectivity index (χ1n) is 11.6. The van der Waals surface area contributed by atoms with Crippen LogP contribution in [0.25, 0.3) is 0 Å². The van der Waals surface area contributed by atoms with E-state index in [1.807, 2.05) is 45.9 Å². The molecule has 0 aliphatic heterocycles. The van der Waals surface area contributed by atoms with Crippen molar-refractivity contribution in [3.8, 4) is 0 Å². The molecule has 0 heterocycles. The fourth-order valence-electron chi connectivity index (χ4n) is 3.77. The van der Waals surface area contributed by atoms with Gasteiger partial charge in [0, 0.05) is 13.1 Å². The van der Waals surface area contributed by atoms with Crippen molar-refractivity contribution in [3.05, 3.63) is 34.9 Å². The lowest BCUT2D eigenvalue weighted by molar-refractivity contribution is -0.142. The van der Waals surface area contributed by atoms with Crippen LogP contribution in [-0.4, -0.2) is 53.4 Å². The van der Waals surface area contributed by atoms with Gasteiger partial charge in [0.2, 0.25) is 17.7 Å². The zero-order chi connectivity index (χ0) is 26.2. The highest BCUT2D eigenvalue weighted by Crippen LogP contribution is 2.24. The van der Waals surface area contributed by atoms with Crippen LogP contribution < -0.4 is 16.4 Å². The summed E-state index contributed by atoms with van der Waals surface area (Å²) in [6.45, 7) is 12.8. The van der Waals surface area contributed by atoms with E-state index in [0.717, 1.165) is 24.0 Å². The Morgan fingerprint density at radius 2 is 1.62 bits per heavy atom. The summed E-state index contributed by atoms with van der Waals surface area (Å²) >= 11 is 0. The largest absolute Gasteiger partial charge is 0.444 e. The van der Waals surface area contributed by atoms with Crippen LogP contribution in [0.3, 0.4) is 0 Å². The molecule has 0 saturated carbocycles. The lowest BCUT2D eigenvalue weighted by Gasteiger charge is -2.32. The molecule has 4 amide bonds. The highest BCUT2D eigenvalue weighted by atomic mass is 16.6. The summed E-state index contributed by atoms with van der Waals surface area (Å²) in [6, 6.07) is 3.31. The molecule has 1 aromatic carbocycles. The second kappa shape index (κ2) is 12.4. The molecule has 1 rings (SSSR count). The third-order valence-corrected chi connectivity index (χ3v) is 5.05. The van der Waals surface area contributed by atoms with E-state index in [9.17, 15) is 19.2 Å². The molecule has 34 heavy (non-hydrogen) atoms. The number of primary amides is 1. The van der Waals surface area contributed by atoms with Crippen LogP contribution >= 0.6 is 0 Å². The molecule has 3 unspecified atom stereocenters. The molecule has 0 fully saturated rings. The van der Waals surface area contributed by atoms with Gasteiger partial charge in [0.15, 0.2) is 0 Å². The number of carbonyl (C=O) groups is 4. The van der Waals surface area contributed by atoms with Crippen molar-refractivity contribution in [1.29, 1.82) is 0 Å². The Bertz CT molecular complexity index is 874. The summed E-state index contributed by atoms with van der Waals surface area (Å²) < 4.78 is 5.23. The summed E-state index contributed by atoms with van der Waals surface area (Å²) in [5.41, 5.74) is 7.05. The second-order valence-corrected chi connectivity index (χ2v) is 9.84. The minimum Gasteiger partial charge on any atom is -0.444 e. The van der Waals surface area contributed by atoms with E-state index in [1.165, 1.54) is 11.9 Å². The van der Waals surface area contributed by atoms with E-state index < -0.39 is 42.0 Å². The Morgan fingerprint density at radius 1 is 1.06 bits per heavy atom. The number of ether oxygens (including phenoxy) is 1. The van der Waals surface area contributed by atoms with E-state index in [0.29, 0.717) is 5.56 Å². The smallest absolute Gasteiger partial charge is 0.408 e. The predicted molar refractivity (Wildman–Crippen MR) is 131 cm³/mol. The quantitative estimate of drug-likeness (QED) is 0.478. The van der Waals surface area contributed by atoms with Crippen molar-refractivity contribution in [2.45, 2.75) is 91.5 Å². The molecule has 0 aliphatic carbocycles. The van der Waals surface area contributed by atoms with Crippen molar-refractivity contribution in [1.82, 2.24) is 15.5 Å². The second-order valence-electron chi connectivity index (χ2n) is 9.84. The van der Waals surface area contributed by atoms with Gasteiger partial charge in [-0.15, -0.1) is 0 Å². The van der Waals surface area contributed by atoms with Gasteiger partial charge in [-0.05, 0) is 53.5 Å². The summed E-state index contributed by atoms with van der Waals surface area (Å²) in [6.07, 6.45) is 0.387. The third-order valence-electron chi connectivity index (χ3n) is 5.05. The first-order chi connectivity index (χ1) is 15.6. The van der Waals surface area contributed by atoms with Gasteiger partial charge in [-0.2, -0.15) is 0 Å². The SMILES string of the molecule is CCCC(C)NC(=O)C(c1cc(C)cc(C)c1)N(C)C(=O)C(CC(N)=O)NC(=O)OC(C)(C)C. The fourth-order valence-corrected chi connectivity index (χ4v) is 3.77. The summed E-state index contributed by atoms with van der Waals surface area (Å²) in [5.74, 6) is -1.75. The van der Waals surface area contributed by atoms with E-state index in [2.05, 4.69) is 10.6 Å². The molecule has 0 aromatic heterocycles. The molecule has 190 valence electrons. The number of nitrogens with two attached hydrogens (primary N) is 1. The first kappa shape index (κ1) is 28.9. The number of carbonyl (C=O) groups excluding carboxylic acids is 4. The maximum absolute atomic E-state index is 13.4. The van der Waals surface area contributed by atoms with E-state index >= 15 is 0 Å². The van der Waals surface area contributed by atoms with Crippen molar-refractivity contribution in [2.75, 3.05) is 7.05 Å². The van der Waals surface area contributed by atoms with Gasteiger partial charge in [-0.25, -0.2) is 4.79 Å².